The predicted molar refractivity (Wildman–Crippen MR) is 111 cm³/mol. The molecule has 0 amide bonds. The Bertz CT molecular complexity index is 1140. The lowest BCUT2D eigenvalue weighted by molar-refractivity contribution is 0.0730. The molecular formula is C18H19ClN4O3S2. The van der Waals surface area contributed by atoms with Gasteiger partial charge < -0.3 is 10.1 Å². The third-order valence-electron chi connectivity index (χ3n) is 4.76. The fourth-order valence-electron chi connectivity index (χ4n) is 3.10. The summed E-state index contributed by atoms with van der Waals surface area (Å²) in [4.78, 5) is 10.9. The number of aromatic nitrogens is 2. The molecule has 0 bridgehead atoms. The summed E-state index contributed by atoms with van der Waals surface area (Å²) in [5.41, 5.74) is 1.58. The highest BCUT2D eigenvalue weighted by Crippen LogP contribution is 2.36. The second kappa shape index (κ2) is 7.57. The first-order valence-electron chi connectivity index (χ1n) is 8.73. The number of nitrogens with zero attached hydrogens (tertiary/aromatic N) is 3. The smallest absolute Gasteiger partial charge is 0.243 e. The number of halogens is 1. The Kier molecular flexibility index (Phi) is 5.28. The zero-order valence-corrected chi connectivity index (χ0v) is 17.8. The molecule has 0 aliphatic carbocycles. The maximum atomic E-state index is 12.9. The first-order chi connectivity index (χ1) is 13.4. The average Bonchev–Trinajstić information content (AvgIpc) is 2.99. The number of rotatable bonds is 4. The predicted octanol–water partition coefficient (Wildman–Crippen LogP) is 3.73. The van der Waals surface area contributed by atoms with Crippen molar-refractivity contribution < 1.29 is 13.2 Å². The summed E-state index contributed by atoms with van der Waals surface area (Å²) in [6.07, 6.45) is 1.49. The SMILES string of the molecule is Cc1sc2ncnc(Nc3cc(S(=O)(=O)N4CCOCC4)ccc3Cl)c2c1C. The number of sulfonamides is 1. The Morgan fingerprint density at radius 2 is 1.96 bits per heavy atom. The van der Waals surface area contributed by atoms with Gasteiger partial charge in [-0.1, -0.05) is 11.6 Å². The highest BCUT2D eigenvalue weighted by molar-refractivity contribution is 7.89. The lowest BCUT2D eigenvalue weighted by Gasteiger charge is -2.26. The number of hydrogen-bond donors (Lipinski definition) is 1. The largest absolute Gasteiger partial charge is 0.379 e. The molecule has 2 aromatic heterocycles. The zero-order chi connectivity index (χ0) is 19.9. The van der Waals surface area contributed by atoms with E-state index in [0.29, 0.717) is 42.8 Å². The van der Waals surface area contributed by atoms with Crippen LogP contribution in [0.1, 0.15) is 10.4 Å². The molecule has 0 atom stereocenters. The lowest BCUT2D eigenvalue weighted by atomic mass is 10.2. The van der Waals surface area contributed by atoms with E-state index in [1.807, 2.05) is 13.8 Å². The van der Waals surface area contributed by atoms with Gasteiger partial charge >= 0.3 is 0 Å². The van der Waals surface area contributed by atoms with Gasteiger partial charge in [-0.2, -0.15) is 4.31 Å². The number of nitrogens with one attached hydrogen (secondary N) is 1. The van der Waals surface area contributed by atoms with Crippen molar-refractivity contribution in [3.63, 3.8) is 0 Å². The number of hydrogen-bond acceptors (Lipinski definition) is 7. The van der Waals surface area contributed by atoms with E-state index in [1.54, 1.807) is 23.5 Å². The van der Waals surface area contributed by atoms with Crippen LogP contribution in [-0.4, -0.2) is 49.0 Å². The molecule has 0 radical (unpaired) electrons. The van der Waals surface area contributed by atoms with Crippen molar-refractivity contribution in [2.45, 2.75) is 18.7 Å². The van der Waals surface area contributed by atoms with Crippen LogP contribution in [0, 0.1) is 13.8 Å². The molecule has 1 saturated heterocycles. The lowest BCUT2D eigenvalue weighted by Crippen LogP contribution is -2.40. The quantitative estimate of drug-likeness (QED) is 0.668. The van der Waals surface area contributed by atoms with E-state index in [9.17, 15) is 8.42 Å². The molecule has 7 nitrogen and oxygen atoms in total. The zero-order valence-electron chi connectivity index (χ0n) is 15.4. The number of aryl methyl sites for hydroxylation is 2. The van der Waals surface area contributed by atoms with Gasteiger partial charge in [0, 0.05) is 18.0 Å². The van der Waals surface area contributed by atoms with Gasteiger partial charge in [0.25, 0.3) is 0 Å². The molecule has 0 spiro atoms. The second-order valence-electron chi connectivity index (χ2n) is 6.47. The van der Waals surface area contributed by atoms with Gasteiger partial charge in [-0.25, -0.2) is 18.4 Å². The first-order valence-corrected chi connectivity index (χ1v) is 11.4. The van der Waals surface area contributed by atoms with Gasteiger partial charge in [0.2, 0.25) is 10.0 Å². The van der Waals surface area contributed by atoms with Crippen molar-refractivity contribution in [3.8, 4) is 0 Å². The summed E-state index contributed by atoms with van der Waals surface area (Å²) in [5, 5.41) is 4.53. The molecule has 28 heavy (non-hydrogen) atoms. The molecule has 1 fully saturated rings. The number of ether oxygens (including phenoxy) is 1. The maximum Gasteiger partial charge on any atom is 0.243 e. The Morgan fingerprint density at radius 3 is 2.71 bits per heavy atom. The van der Waals surface area contributed by atoms with E-state index >= 15 is 0 Å². The molecule has 148 valence electrons. The van der Waals surface area contributed by atoms with Crippen LogP contribution in [0.3, 0.4) is 0 Å². The Labute approximate surface area is 172 Å². The van der Waals surface area contributed by atoms with Crippen LogP contribution in [-0.2, 0) is 14.8 Å². The second-order valence-corrected chi connectivity index (χ2v) is 10.0. The van der Waals surface area contributed by atoms with Crippen molar-refractivity contribution in [1.82, 2.24) is 14.3 Å². The Morgan fingerprint density at radius 1 is 1.21 bits per heavy atom. The molecule has 1 N–H and O–H groups in total. The molecular weight excluding hydrogens is 420 g/mol. The van der Waals surface area contributed by atoms with Gasteiger partial charge in [-0.15, -0.1) is 11.3 Å². The average molecular weight is 439 g/mol. The van der Waals surface area contributed by atoms with E-state index in [2.05, 4.69) is 15.3 Å². The number of fused-ring (bicyclic) bond motifs is 1. The third-order valence-corrected chi connectivity index (χ3v) is 8.10. The molecule has 10 heteroatoms. The van der Waals surface area contributed by atoms with Gasteiger partial charge in [0.15, 0.2) is 0 Å². The van der Waals surface area contributed by atoms with E-state index in [1.165, 1.54) is 16.7 Å². The first kappa shape index (κ1) is 19.5. The highest BCUT2D eigenvalue weighted by Gasteiger charge is 2.27. The van der Waals surface area contributed by atoms with E-state index in [-0.39, 0.29) is 4.90 Å². The molecule has 1 aromatic carbocycles. The van der Waals surface area contributed by atoms with Gasteiger partial charge in [0.1, 0.15) is 17.0 Å². The van der Waals surface area contributed by atoms with Crippen LogP contribution in [0.2, 0.25) is 5.02 Å². The van der Waals surface area contributed by atoms with Crippen LogP contribution in [0.4, 0.5) is 11.5 Å². The topological polar surface area (TPSA) is 84.4 Å². The molecule has 0 unspecified atom stereocenters. The van der Waals surface area contributed by atoms with Crippen LogP contribution in [0.15, 0.2) is 29.4 Å². The molecule has 1 aliphatic heterocycles. The van der Waals surface area contributed by atoms with Crippen LogP contribution in [0.5, 0.6) is 0 Å². The Balaban J connectivity index is 1.73. The monoisotopic (exact) mass is 438 g/mol. The van der Waals surface area contributed by atoms with Crippen LogP contribution in [0.25, 0.3) is 10.2 Å². The Hall–Kier alpha value is -1.78. The summed E-state index contributed by atoms with van der Waals surface area (Å²) in [5.74, 6) is 0.606. The van der Waals surface area contributed by atoms with Crippen molar-refractivity contribution in [3.05, 3.63) is 40.0 Å². The molecule has 4 rings (SSSR count). The minimum absolute atomic E-state index is 0.185. The van der Waals surface area contributed by atoms with Crippen LogP contribution < -0.4 is 5.32 Å². The minimum atomic E-state index is -3.62. The summed E-state index contributed by atoms with van der Waals surface area (Å²) < 4.78 is 32.6. The van der Waals surface area contributed by atoms with Gasteiger partial charge in [0.05, 0.1) is 34.2 Å². The van der Waals surface area contributed by atoms with Crippen molar-refractivity contribution in [2.24, 2.45) is 0 Å². The summed E-state index contributed by atoms with van der Waals surface area (Å²) in [6.45, 7) is 5.53. The van der Waals surface area contributed by atoms with Crippen molar-refractivity contribution >= 4 is 54.7 Å². The fraction of sp³-hybridized carbons (Fsp3) is 0.333. The van der Waals surface area contributed by atoms with Crippen molar-refractivity contribution in [2.75, 3.05) is 31.6 Å². The molecule has 3 heterocycles. The summed E-state index contributed by atoms with van der Waals surface area (Å²) in [6, 6.07) is 4.66. The summed E-state index contributed by atoms with van der Waals surface area (Å²) in [7, 11) is -3.62. The van der Waals surface area contributed by atoms with E-state index in [4.69, 9.17) is 16.3 Å². The molecule has 1 aliphatic rings. The van der Waals surface area contributed by atoms with E-state index < -0.39 is 10.0 Å². The fourth-order valence-corrected chi connectivity index (χ4v) is 5.70. The number of benzene rings is 1. The number of morpholine rings is 1. The maximum absolute atomic E-state index is 12.9. The van der Waals surface area contributed by atoms with Gasteiger partial charge in [-0.3, -0.25) is 0 Å². The highest BCUT2D eigenvalue weighted by atomic mass is 35.5. The van der Waals surface area contributed by atoms with Crippen molar-refractivity contribution in [1.29, 1.82) is 0 Å². The number of thiophene rings is 1. The number of anilines is 2. The molecule has 0 saturated carbocycles. The minimum Gasteiger partial charge on any atom is -0.379 e. The van der Waals surface area contributed by atoms with Crippen LogP contribution >= 0.6 is 22.9 Å². The molecule has 3 aromatic rings. The normalized spacial score (nSPS) is 15.8. The summed E-state index contributed by atoms with van der Waals surface area (Å²) >= 11 is 7.94. The standard InChI is InChI=1S/C18H19ClN4O3S2/c1-11-12(2)27-18-16(11)17(20-10-21-18)22-15-9-13(3-4-14(15)19)28(24,25)23-5-7-26-8-6-23/h3-4,9-10H,5-8H2,1-2H3,(H,20,21,22). The van der Waals surface area contributed by atoms with E-state index in [0.717, 1.165) is 20.7 Å². The van der Waals surface area contributed by atoms with Gasteiger partial charge in [-0.05, 0) is 37.6 Å². The third kappa shape index (κ3) is 3.48.